The van der Waals surface area contributed by atoms with Crippen LogP contribution in [-0.2, 0) is 4.79 Å². The van der Waals surface area contributed by atoms with Crippen molar-refractivity contribution in [2.24, 2.45) is 4.99 Å². The van der Waals surface area contributed by atoms with Gasteiger partial charge >= 0.3 is 0 Å². The van der Waals surface area contributed by atoms with Crippen molar-refractivity contribution in [2.45, 2.75) is 13.0 Å². The Bertz CT molecular complexity index is 923. The number of nitrogens with zero attached hydrogens (tertiary/aromatic N) is 1. The van der Waals surface area contributed by atoms with Gasteiger partial charge in [-0.15, -0.1) is 0 Å². The van der Waals surface area contributed by atoms with E-state index in [1.807, 2.05) is 49.4 Å². The third-order valence-electron chi connectivity index (χ3n) is 4.12. The minimum Gasteiger partial charge on any atom is -0.484 e. The summed E-state index contributed by atoms with van der Waals surface area (Å²) in [5.74, 6) is 0.127. The number of rotatable bonds is 7. The maximum absolute atomic E-state index is 12.9. The number of nitrogens with one attached hydrogen (secondary N) is 1. The van der Waals surface area contributed by atoms with Gasteiger partial charge in [-0.2, -0.15) is 0 Å². The molecule has 1 N–H and O–H groups in total. The van der Waals surface area contributed by atoms with Gasteiger partial charge < -0.3 is 10.1 Å². The summed E-state index contributed by atoms with van der Waals surface area (Å²) in [6.07, 6.45) is 1.69. The van der Waals surface area contributed by atoms with E-state index in [1.54, 1.807) is 30.5 Å². The Hall–Kier alpha value is -3.47. The Balaban J connectivity index is 1.48. The Morgan fingerprint density at radius 1 is 1.04 bits per heavy atom. The molecule has 0 saturated heterocycles. The molecule has 0 radical (unpaired) electrons. The molecule has 0 saturated carbocycles. The molecule has 0 heterocycles. The van der Waals surface area contributed by atoms with Crippen molar-refractivity contribution in [3.63, 3.8) is 0 Å². The summed E-state index contributed by atoms with van der Waals surface area (Å²) in [5.41, 5.74) is 2.59. The first-order valence-electron chi connectivity index (χ1n) is 8.97. The van der Waals surface area contributed by atoms with Crippen molar-refractivity contribution in [1.29, 1.82) is 0 Å². The molecule has 0 aliphatic rings. The van der Waals surface area contributed by atoms with Crippen LogP contribution in [0.4, 0.5) is 10.1 Å². The number of hydrogen-bond acceptors (Lipinski definition) is 3. The molecule has 4 nitrogen and oxygen atoms in total. The molecule has 0 unspecified atom stereocenters. The van der Waals surface area contributed by atoms with E-state index in [0.717, 1.165) is 11.1 Å². The zero-order valence-electron chi connectivity index (χ0n) is 15.5. The Morgan fingerprint density at radius 3 is 2.39 bits per heavy atom. The molecular formula is C23H21FN2O2. The Labute approximate surface area is 163 Å². The van der Waals surface area contributed by atoms with Crippen molar-refractivity contribution in [3.05, 3.63) is 95.8 Å². The molecule has 0 spiro atoms. The third kappa shape index (κ3) is 5.77. The van der Waals surface area contributed by atoms with Gasteiger partial charge in [-0.05, 0) is 66.6 Å². The van der Waals surface area contributed by atoms with Gasteiger partial charge in [0.1, 0.15) is 11.6 Å². The van der Waals surface area contributed by atoms with E-state index in [0.29, 0.717) is 11.4 Å². The van der Waals surface area contributed by atoms with Crippen LogP contribution in [0.5, 0.6) is 5.75 Å². The highest BCUT2D eigenvalue weighted by atomic mass is 19.1. The number of ether oxygens (including phenoxy) is 1. The van der Waals surface area contributed by atoms with Gasteiger partial charge in [0.2, 0.25) is 0 Å². The summed E-state index contributed by atoms with van der Waals surface area (Å²) in [7, 11) is 0. The molecule has 1 amide bonds. The third-order valence-corrected chi connectivity index (χ3v) is 4.12. The second-order valence-electron chi connectivity index (χ2n) is 6.29. The van der Waals surface area contributed by atoms with Crippen LogP contribution in [0, 0.1) is 5.82 Å². The van der Waals surface area contributed by atoms with Gasteiger partial charge in [0, 0.05) is 6.21 Å². The van der Waals surface area contributed by atoms with Crippen LogP contribution in [0.1, 0.15) is 24.1 Å². The van der Waals surface area contributed by atoms with Crippen LogP contribution in [0.25, 0.3) is 0 Å². The van der Waals surface area contributed by atoms with Crippen LogP contribution in [0.3, 0.4) is 0 Å². The molecule has 5 heteroatoms. The minimum absolute atomic E-state index is 0.0554. The second-order valence-corrected chi connectivity index (χ2v) is 6.29. The molecule has 3 aromatic rings. The van der Waals surface area contributed by atoms with Crippen LogP contribution in [0.2, 0.25) is 0 Å². The molecular weight excluding hydrogens is 355 g/mol. The van der Waals surface area contributed by atoms with Crippen LogP contribution in [0.15, 0.2) is 83.9 Å². The lowest BCUT2D eigenvalue weighted by molar-refractivity contribution is -0.123. The number of carbonyl (C=O) groups is 1. The number of aliphatic imine (C=N–C) groups is 1. The Kier molecular flexibility index (Phi) is 6.52. The first-order chi connectivity index (χ1) is 13.6. The molecule has 3 aromatic carbocycles. The summed E-state index contributed by atoms with van der Waals surface area (Å²) >= 11 is 0. The number of carbonyl (C=O) groups excluding carboxylic acids is 1. The van der Waals surface area contributed by atoms with E-state index in [-0.39, 0.29) is 24.4 Å². The maximum atomic E-state index is 12.9. The summed E-state index contributed by atoms with van der Waals surface area (Å²) in [4.78, 5) is 16.4. The zero-order valence-corrected chi connectivity index (χ0v) is 15.5. The molecule has 142 valence electrons. The minimum atomic E-state index is -0.289. The first-order valence-corrected chi connectivity index (χ1v) is 8.97. The molecule has 0 aliphatic heterocycles. The topological polar surface area (TPSA) is 50.7 Å². The van der Waals surface area contributed by atoms with Crippen molar-refractivity contribution in [3.8, 4) is 5.75 Å². The first kappa shape index (κ1) is 19.3. The molecule has 3 rings (SSSR count). The van der Waals surface area contributed by atoms with Gasteiger partial charge in [0.05, 0.1) is 11.7 Å². The van der Waals surface area contributed by atoms with Crippen molar-refractivity contribution < 1.29 is 13.9 Å². The lowest BCUT2D eigenvalue weighted by atomic mass is 10.1. The lowest BCUT2D eigenvalue weighted by Crippen LogP contribution is -2.31. The average molecular weight is 376 g/mol. The van der Waals surface area contributed by atoms with Crippen molar-refractivity contribution >= 4 is 17.8 Å². The molecule has 28 heavy (non-hydrogen) atoms. The molecule has 0 aliphatic carbocycles. The van der Waals surface area contributed by atoms with Gasteiger partial charge in [-0.3, -0.25) is 9.79 Å². The summed E-state index contributed by atoms with van der Waals surface area (Å²) in [6.45, 7) is 1.88. The average Bonchev–Trinajstić information content (AvgIpc) is 2.73. The standard InChI is InChI=1S/C23H21FN2O2/c1-17(19-5-3-2-4-6-19)26-23(27)16-28-22-13-7-18(8-14-22)15-25-21-11-9-20(24)10-12-21/h2-15,17H,16H2,1H3,(H,26,27)/t17-/m1/s1. The van der Waals surface area contributed by atoms with Crippen molar-refractivity contribution in [1.82, 2.24) is 5.32 Å². The molecule has 0 bridgehead atoms. The van der Waals surface area contributed by atoms with Gasteiger partial charge in [0.25, 0.3) is 5.91 Å². The van der Waals surface area contributed by atoms with Crippen LogP contribution >= 0.6 is 0 Å². The van der Waals surface area contributed by atoms with Crippen LogP contribution in [-0.4, -0.2) is 18.7 Å². The predicted molar refractivity (Wildman–Crippen MR) is 109 cm³/mol. The smallest absolute Gasteiger partial charge is 0.258 e. The maximum Gasteiger partial charge on any atom is 0.258 e. The van der Waals surface area contributed by atoms with Gasteiger partial charge in [-0.25, -0.2) is 4.39 Å². The number of amides is 1. The number of halogens is 1. The summed E-state index contributed by atoms with van der Waals surface area (Å²) in [5, 5.41) is 2.91. The van der Waals surface area contributed by atoms with Crippen LogP contribution < -0.4 is 10.1 Å². The second kappa shape index (κ2) is 9.46. The normalized spacial score (nSPS) is 11.9. The fourth-order valence-electron chi connectivity index (χ4n) is 2.58. The van der Waals surface area contributed by atoms with E-state index in [2.05, 4.69) is 10.3 Å². The lowest BCUT2D eigenvalue weighted by Gasteiger charge is -2.14. The summed E-state index contributed by atoms with van der Waals surface area (Å²) in [6, 6.07) is 22.9. The van der Waals surface area contributed by atoms with Gasteiger partial charge in [-0.1, -0.05) is 30.3 Å². The molecule has 0 fully saturated rings. The van der Waals surface area contributed by atoms with E-state index in [9.17, 15) is 9.18 Å². The van der Waals surface area contributed by atoms with E-state index in [1.165, 1.54) is 12.1 Å². The van der Waals surface area contributed by atoms with E-state index >= 15 is 0 Å². The van der Waals surface area contributed by atoms with E-state index < -0.39 is 0 Å². The SMILES string of the molecule is C[C@@H](NC(=O)COc1ccc(C=Nc2ccc(F)cc2)cc1)c1ccccc1. The van der Waals surface area contributed by atoms with Gasteiger partial charge in [0.15, 0.2) is 6.61 Å². The largest absolute Gasteiger partial charge is 0.484 e. The summed E-state index contributed by atoms with van der Waals surface area (Å²) < 4.78 is 18.4. The number of hydrogen-bond donors (Lipinski definition) is 1. The zero-order chi connectivity index (χ0) is 19.8. The van der Waals surface area contributed by atoms with E-state index in [4.69, 9.17) is 4.74 Å². The highest BCUT2D eigenvalue weighted by molar-refractivity contribution is 5.82. The van der Waals surface area contributed by atoms with Crippen molar-refractivity contribution in [2.75, 3.05) is 6.61 Å². The fraction of sp³-hybridized carbons (Fsp3) is 0.130. The Morgan fingerprint density at radius 2 is 1.71 bits per heavy atom. The number of benzene rings is 3. The quantitative estimate of drug-likeness (QED) is 0.600. The monoisotopic (exact) mass is 376 g/mol. The predicted octanol–water partition coefficient (Wildman–Crippen LogP) is 4.83. The fourth-order valence-corrected chi connectivity index (χ4v) is 2.58. The highest BCUT2D eigenvalue weighted by Crippen LogP contribution is 2.15. The molecule has 1 atom stereocenters. The highest BCUT2D eigenvalue weighted by Gasteiger charge is 2.09. The molecule has 0 aromatic heterocycles.